The summed E-state index contributed by atoms with van der Waals surface area (Å²) in [7, 11) is 0. The van der Waals surface area contributed by atoms with E-state index in [4.69, 9.17) is 4.42 Å². The molecule has 2 nitrogen and oxygen atoms in total. The Hall–Kier alpha value is -1.19. The van der Waals surface area contributed by atoms with E-state index in [1.807, 2.05) is 0 Å². The van der Waals surface area contributed by atoms with Gasteiger partial charge in [0.2, 0.25) is 0 Å². The highest BCUT2D eigenvalue weighted by Gasteiger charge is 2.05. The number of hydrogen-bond donors (Lipinski definition) is 1. The van der Waals surface area contributed by atoms with Crippen LogP contribution in [0.1, 0.15) is 36.3 Å². The molecule has 2 rings (SSSR count). The van der Waals surface area contributed by atoms with Crippen LogP contribution in [-0.2, 0) is 12.3 Å². The smallest absolute Gasteiger partial charge is 0.117 e. The molecule has 20 heavy (non-hydrogen) atoms. The van der Waals surface area contributed by atoms with Crippen LogP contribution < -0.4 is 5.32 Å². The Morgan fingerprint density at radius 1 is 1.10 bits per heavy atom. The number of thioether (sulfide) groups is 1. The highest BCUT2D eigenvalue weighted by molar-refractivity contribution is 7.97. The highest BCUT2D eigenvalue weighted by atomic mass is 32.2. The van der Waals surface area contributed by atoms with Gasteiger partial charge in [0.05, 0.1) is 12.3 Å². The van der Waals surface area contributed by atoms with Crippen LogP contribution in [0, 0.1) is 0 Å². The third-order valence-electron chi connectivity index (χ3n) is 3.43. The zero-order chi connectivity index (χ0) is 14.2. The van der Waals surface area contributed by atoms with E-state index in [0.29, 0.717) is 5.92 Å². The van der Waals surface area contributed by atoms with Gasteiger partial charge in [-0.15, -0.1) is 0 Å². The van der Waals surface area contributed by atoms with E-state index in [0.717, 1.165) is 36.8 Å². The lowest BCUT2D eigenvalue weighted by Crippen LogP contribution is -2.16. The molecule has 0 bridgehead atoms. The Morgan fingerprint density at radius 3 is 2.60 bits per heavy atom. The monoisotopic (exact) mass is 289 g/mol. The zero-order valence-corrected chi connectivity index (χ0v) is 13.1. The molecule has 0 spiro atoms. The molecule has 0 aliphatic rings. The maximum absolute atomic E-state index is 5.73. The van der Waals surface area contributed by atoms with Crippen molar-refractivity contribution in [2.24, 2.45) is 0 Å². The van der Waals surface area contributed by atoms with Gasteiger partial charge in [0.25, 0.3) is 0 Å². The summed E-state index contributed by atoms with van der Waals surface area (Å²) in [6.07, 6.45) is 3.23. The van der Waals surface area contributed by atoms with Crippen molar-refractivity contribution in [2.75, 3.05) is 12.8 Å². The molecule has 0 fully saturated rings. The first-order chi connectivity index (χ1) is 9.79. The minimum Gasteiger partial charge on any atom is -0.464 e. The maximum Gasteiger partial charge on any atom is 0.117 e. The molecular weight excluding hydrogens is 266 g/mol. The van der Waals surface area contributed by atoms with Crippen molar-refractivity contribution in [1.29, 1.82) is 0 Å². The number of furan rings is 1. The van der Waals surface area contributed by atoms with Gasteiger partial charge in [0.15, 0.2) is 0 Å². The average molecular weight is 289 g/mol. The van der Waals surface area contributed by atoms with Crippen molar-refractivity contribution >= 4 is 11.8 Å². The van der Waals surface area contributed by atoms with Gasteiger partial charge in [0.1, 0.15) is 11.5 Å². The van der Waals surface area contributed by atoms with E-state index in [1.54, 1.807) is 11.8 Å². The predicted molar refractivity (Wildman–Crippen MR) is 87.1 cm³/mol. The molecule has 2 aromatic rings. The van der Waals surface area contributed by atoms with Gasteiger partial charge in [-0.25, -0.2) is 0 Å². The Bertz CT molecular complexity index is 495. The molecular formula is C17H23NOS. The van der Waals surface area contributed by atoms with Gasteiger partial charge in [0, 0.05) is 0 Å². The van der Waals surface area contributed by atoms with Crippen LogP contribution in [0.4, 0.5) is 0 Å². The Balaban J connectivity index is 1.68. The van der Waals surface area contributed by atoms with Crippen LogP contribution >= 0.6 is 11.8 Å². The maximum atomic E-state index is 5.73. The topological polar surface area (TPSA) is 25.2 Å². The van der Waals surface area contributed by atoms with Crippen molar-refractivity contribution in [3.8, 4) is 0 Å². The van der Waals surface area contributed by atoms with Gasteiger partial charge < -0.3 is 9.73 Å². The Labute approximate surface area is 126 Å². The minimum absolute atomic E-state index is 0.590. The molecule has 1 heterocycles. The summed E-state index contributed by atoms with van der Waals surface area (Å²) in [4.78, 5) is 0. The summed E-state index contributed by atoms with van der Waals surface area (Å²) in [6, 6.07) is 14.8. The lowest BCUT2D eigenvalue weighted by atomic mass is 9.98. The van der Waals surface area contributed by atoms with Gasteiger partial charge in [-0.05, 0) is 42.8 Å². The molecule has 1 aromatic heterocycles. The van der Waals surface area contributed by atoms with E-state index < -0.39 is 0 Å². The molecule has 0 saturated heterocycles. The fourth-order valence-electron chi connectivity index (χ4n) is 2.22. The molecule has 1 unspecified atom stereocenters. The normalized spacial score (nSPS) is 12.5. The highest BCUT2D eigenvalue weighted by Crippen LogP contribution is 2.18. The van der Waals surface area contributed by atoms with Crippen molar-refractivity contribution in [3.05, 3.63) is 59.5 Å². The molecule has 0 amide bonds. The summed E-state index contributed by atoms with van der Waals surface area (Å²) in [6.45, 7) is 4.10. The first kappa shape index (κ1) is 15.2. The van der Waals surface area contributed by atoms with E-state index in [2.05, 4.69) is 61.0 Å². The number of rotatable bonds is 8. The lowest BCUT2D eigenvalue weighted by molar-refractivity contribution is 0.455. The third-order valence-corrected chi connectivity index (χ3v) is 4.00. The van der Waals surface area contributed by atoms with Gasteiger partial charge in [-0.1, -0.05) is 37.3 Å². The molecule has 1 N–H and O–H groups in total. The van der Waals surface area contributed by atoms with Crippen LogP contribution in [-0.4, -0.2) is 12.8 Å². The molecule has 1 aromatic carbocycles. The second kappa shape index (κ2) is 8.18. The number of nitrogens with one attached hydrogen (secondary N) is 1. The molecule has 0 saturated carbocycles. The number of benzene rings is 1. The first-order valence-electron chi connectivity index (χ1n) is 7.12. The van der Waals surface area contributed by atoms with Crippen LogP contribution in [0.3, 0.4) is 0 Å². The summed E-state index contributed by atoms with van der Waals surface area (Å²) in [5.41, 5.74) is 1.41. The van der Waals surface area contributed by atoms with E-state index in [-0.39, 0.29) is 0 Å². The van der Waals surface area contributed by atoms with Gasteiger partial charge >= 0.3 is 0 Å². The zero-order valence-electron chi connectivity index (χ0n) is 12.3. The van der Waals surface area contributed by atoms with Gasteiger partial charge in [-0.3, -0.25) is 0 Å². The minimum atomic E-state index is 0.590. The van der Waals surface area contributed by atoms with Crippen LogP contribution in [0.2, 0.25) is 0 Å². The molecule has 0 radical (unpaired) electrons. The third kappa shape index (κ3) is 4.73. The SMILES string of the molecule is CSCc1ccc(CNCCC(C)c2ccccc2)o1. The quantitative estimate of drug-likeness (QED) is 0.728. The van der Waals surface area contributed by atoms with Crippen LogP contribution in [0.15, 0.2) is 46.9 Å². The molecule has 0 aliphatic heterocycles. The van der Waals surface area contributed by atoms with Crippen LogP contribution in [0.5, 0.6) is 0 Å². The van der Waals surface area contributed by atoms with E-state index in [1.165, 1.54) is 5.56 Å². The lowest BCUT2D eigenvalue weighted by Gasteiger charge is -2.11. The summed E-state index contributed by atoms with van der Waals surface area (Å²) < 4.78 is 5.73. The predicted octanol–water partition coefficient (Wildman–Crippen LogP) is 4.43. The first-order valence-corrected chi connectivity index (χ1v) is 8.51. The van der Waals surface area contributed by atoms with E-state index >= 15 is 0 Å². The van der Waals surface area contributed by atoms with Crippen LogP contribution in [0.25, 0.3) is 0 Å². The fourth-order valence-corrected chi connectivity index (χ4v) is 2.66. The fraction of sp³-hybridized carbons (Fsp3) is 0.412. The Kier molecular flexibility index (Phi) is 6.22. The van der Waals surface area contributed by atoms with Crippen molar-refractivity contribution < 1.29 is 4.42 Å². The molecule has 3 heteroatoms. The van der Waals surface area contributed by atoms with Crippen molar-refractivity contribution in [1.82, 2.24) is 5.32 Å². The standard InChI is InChI=1S/C17H23NOS/c1-14(15-6-4-3-5-7-15)10-11-18-12-16-8-9-17(19-16)13-20-2/h3-9,14,18H,10-13H2,1-2H3. The molecule has 108 valence electrons. The van der Waals surface area contributed by atoms with Gasteiger partial charge in [-0.2, -0.15) is 11.8 Å². The largest absolute Gasteiger partial charge is 0.464 e. The summed E-state index contributed by atoms with van der Waals surface area (Å²) >= 11 is 1.78. The Morgan fingerprint density at radius 2 is 1.85 bits per heavy atom. The molecule has 1 atom stereocenters. The van der Waals surface area contributed by atoms with Crippen molar-refractivity contribution in [2.45, 2.75) is 31.6 Å². The average Bonchev–Trinajstić information content (AvgIpc) is 2.92. The second-order valence-corrected chi connectivity index (χ2v) is 5.94. The molecule has 0 aliphatic carbocycles. The summed E-state index contributed by atoms with van der Waals surface area (Å²) in [5.74, 6) is 3.63. The number of hydrogen-bond acceptors (Lipinski definition) is 3. The summed E-state index contributed by atoms with van der Waals surface area (Å²) in [5, 5.41) is 3.46. The van der Waals surface area contributed by atoms with E-state index in [9.17, 15) is 0 Å². The second-order valence-electron chi connectivity index (χ2n) is 5.08. The van der Waals surface area contributed by atoms with Crippen molar-refractivity contribution in [3.63, 3.8) is 0 Å².